The third kappa shape index (κ3) is 1.85. The zero-order chi connectivity index (χ0) is 10.7. The Morgan fingerprint density at radius 3 is 2.57 bits per heavy atom. The van der Waals surface area contributed by atoms with Crippen molar-refractivity contribution < 1.29 is 13.6 Å². The molecule has 0 radical (unpaired) electrons. The lowest BCUT2D eigenvalue weighted by molar-refractivity contribution is 0.0986. The number of carbonyl (C=O) groups excluding carboxylic acids is 1. The van der Waals surface area contributed by atoms with Crippen molar-refractivity contribution in [3.8, 4) is 6.07 Å². The molecule has 5 heteroatoms. The molecule has 0 aromatic heterocycles. The second-order valence-electron chi connectivity index (χ2n) is 2.58. The van der Waals surface area contributed by atoms with Crippen molar-refractivity contribution in [3.05, 3.63) is 34.9 Å². The zero-order valence-electron chi connectivity index (χ0n) is 7.00. The third-order valence-corrected chi connectivity index (χ3v) is 1.68. The van der Waals surface area contributed by atoms with Crippen molar-refractivity contribution in [2.24, 2.45) is 5.73 Å². The molecule has 0 aliphatic rings. The van der Waals surface area contributed by atoms with Crippen LogP contribution in [-0.4, -0.2) is 5.91 Å². The predicted molar refractivity (Wildman–Crippen MR) is 44.6 cm³/mol. The van der Waals surface area contributed by atoms with Gasteiger partial charge in [-0.1, -0.05) is 0 Å². The highest BCUT2D eigenvalue weighted by molar-refractivity contribution is 5.94. The standard InChI is InChI=1S/C9H6F2N2O/c10-8(11)7-3-5(4-12)1-2-6(7)9(13)14/h1-3,8H,(H2,13,14). The van der Waals surface area contributed by atoms with E-state index in [4.69, 9.17) is 11.0 Å². The molecule has 1 aromatic carbocycles. The van der Waals surface area contributed by atoms with Gasteiger partial charge in [0.25, 0.3) is 6.43 Å². The summed E-state index contributed by atoms with van der Waals surface area (Å²) in [4.78, 5) is 10.7. The number of hydrogen-bond donors (Lipinski definition) is 1. The molecule has 0 saturated heterocycles. The van der Waals surface area contributed by atoms with Crippen LogP contribution in [0.15, 0.2) is 18.2 Å². The minimum absolute atomic E-state index is 0.0744. The molecule has 1 amide bonds. The molecular formula is C9H6F2N2O. The van der Waals surface area contributed by atoms with Gasteiger partial charge < -0.3 is 5.73 Å². The van der Waals surface area contributed by atoms with Crippen LogP contribution in [0.1, 0.15) is 27.9 Å². The lowest BCUT2D eigenvalue weighted by atomic mass is 10.0. The number of nitrogens with two attached hydrogens (primary N) is 1. The second kappa shape index (κ2) is 3.83. The molecule has 0 aliphatic carbocycles. The summed E-state index contributed by atoms with van der Waals surface area (Å²) in [7, 11) is 0. The number of rotatable bonds is 2. The summed E-state index contributed by atoms with van der Waals surface area (Å²) in [5.41, 5.74) is 4.21. The first kappa shape index (κ1) is 10.1. The highest BCUT2D eigenvalue weighted by Crippen LogP contribution is 2.23. The van der Waals surface area contributed by atoms with Crippen molar-refractivity contribution in [2.45, 2.75) is 6.43 Å². The average Bonchev–Trinajstić information content (AvgIpc) is 2.16. The quantitative estimate of drug-likeness (QED) is 0.780. The van der Waals surface area contributed by atoms with Crippen LogP contribution >= 0.6 is 0 Å². The van der Waals surface area contributed by atoms with Crippen LogP contribution in [0.3, 0.4) is 0 Å². The second-order valence-corrected chi connectivity index (χ2v) is 2.58. The summed E-state index contributed by atoms with van der Waals surface area (Å²) in [6.45, 7) is 0. The minimum atomic E-state index is -2.81. The van der Waals surface area contributed by atoms with E-state index in [9.17, 15) is 13.6 Å². The minimum Gasteiger partial charge on any atom is -0.366 e. The molecule has 0 spiro atoms. The van der Waals surface area contributed by atoms with E-state index in [1.165, 1.54) is 6.07 Å². The smallest absolute Gasteiger partial charge is 0.264 e. The predicted octanol–water partition coefficient (Wildman–Crippen LogP) is 1.59. The molecule has 0 atom stereocenters. The molecule has 1 rings (SSSR count). The van der Waals surface area contributed by atoms with Gasteiger partial charge in [0.2, 0.25) is 5.91 Å². The fourth-order valence-electron chi connectivity index (χ4n) is 1.04. The molecule has 1 aromatic rings. The van der Waals surface area contributed by atoms with E-state index in [0.29, 0.717) is 0 Å². The third-order valence-electron chi connectivity index (χ3n) is 1.68. The molecule has 72 valence electrons. The Morgan fingerprint density at radius 2 is 2.14 bits per heavy atom. The van der Waals surface area contributed by atoms with Gasteiger partial charge in [0.15, 0.2) is 0 Å². The summed E-state index contributed by atoms with van der Waals surface area (Å²) in [6.07, 6.45) is -2.81. The van der Waals surface area contributed by atoms with E-state index in [0.717, 1.165) is 12.1 Å². The van der Waals surface area contributed by atoms with Crippen LogP contribution in [0.4, 0.5) is 8.78 Å². The van der Waals surface area contributed by atoms with Crippen LogP contribution in [0.5, 0.6) is 0 Å². The summed E-state index contributed by atoms with van der Waals surface area (Å²) in [6, 6.07) is 5.06. The molecular weight excluding hydrogens is 190 g/mol. The molecule has 14 heavy (non-hydrogen) atoms. The number of hydrogen-bond acceptors (Lipinski definition) is 2. The molecule has 0 saturated carbocycles. The first-order valence-electron chi connectivity index (χ1n) is 3.68. The number of nitriles is 1. The van der Waals surface area contributed by atoms with E-state index >= 15 is 0 Å². The van der Waals surface area contributed by atoms with Gasteiger partial charge in [-0.05, 0) is 18.2 Å². The van der Waals surface area contributed by atoms with Gasteiger partial charge in [0.1, 0.15) is 0 Å². The number of carbonyl (C=O) groups is 1. The van der Waals surface area contributed by atoms with Crippen molar-refractivity contribution >= 4 is 5.91 Å². The highest BCUT2D eigenvalue weighted by Gasteiger charge is 2.16. The number of nitrogens with zero attached hydrogens (tertiary/aromatic N) is 1. The molecule has 0 unspecified atom stereocenters. The molecule has 2 N–H and O–H groups in total. The van der Waals surface area contributed by atoms with Gasteiger partial charge in [0, 0.05) is 11.1 Å². The maximum absolute atomic E-state index is 12.4. The van der Waals surface area contributed by atoms with Crippen molar-refractivity contribution in [3.63, 3.8) is 0 Å². The van der Waals surface area contributed by atoms with Crippen LogP contribution in [-0.2, 0) is 0 Å². The first-order valence-corrected chi connectivity index (χ1v) is 3.68. The van der Waals surface area contributed by atoms with E-state index < -0.39 is 17.9 Å². The summed E-state index contributed by atoms with van der Waals surface area (Å²) >= 11 is 0. The Bertz CT molecular complexity index is 410. The van der Waals surface area contributed by atoms with Gasteiger partial charge in [-0.3, -0.25) is 4.79 Å². The topological polar surface area (TPSA) is 66.9 Å². The molecule has 0 aliphatic heterocycles. The van der Waals surface area contributed by atoms with Gasteiger partial charge in [-0.25, -0.2) is 8.78 Å². The summed E-state index contributed by atoms with van der Waals surface area (Å²) in [5, 5.41) is 8.46. The van der Waals surface area contributed by atoms with Crippen molar-refractivity contribution in [2.75, 3.05) is 0 Å². The summed E-state index contributed by atoms with van der Waals surface area (Å²) in [5.74, 6) is -0.926. The van der Waals surface area contributed by atoms with Crippen molar-refractivity contribution in [1.82, 2.24) is 0 Å². The van der Waals surface area contributed by atoms with E-state index in [2.05, 4.69) is 0 Å². The number of primary amides is 1. The maximum atomic E-state index is 12.4. The van der Waals surface area contributed by atoms with Crippen LogP contribution in [0.2, 0.25) is 0 Å². The fraction of sp³-hybridized carbons (Fsp3) is 0.111. The lowest BCUT2D eigenvalue weighted by Gasteiger charge is -2.05. The van der Waals surface area contributed by atoms with Gasteiger partial charge in [0.05, 0.1) is 11.6 Å². The maximum Gasteiger partial charge on any atom is 0.264 e. The summed E-state index contributed by atoms with van der Waals surface area (Å²) < 4.78 is 24.8. The molecule has 3 nitrogen and oxygen atoms in total. The molecule has 0 heterocycles. The number of halogens is 2. The lowest BCUT2D eigenvalue weighted by Crippen LogP contribution is -2.14. The van der Waals surface area contributed by atoms with E-state index in [1.807, 2.05) is 0 Å². The monoisotopic (exact) mass is 196 g/mol. The van der Waals surface area contributed by atoms with Gasteiger partial charge in [-0.2, -0.15) is 5.26 Å². The average molecular weight is 196 g/mol. The Kier molecular flexibility index (Phi) is 2.77. The van der Waals surface area contributed by atoms with Gasteiger partial charge in [-0.15, -0.1) is 0 Å². The fourth-order valence-corrected chi connectivity index (χ4v) is 1.04. The first-order chi connectivity index (χ1) is 6.56. The number of alkyl halides is 2. The number of benzene rings is 1. The Labute approximate surface area is 78.8 Å². The Balaban J connectivity index is 3.33. The molecule has 0 bridgehead atoms. The largest absolute Gasteiger partial charge is 0.366 e. The van der Waals surface area contributed by atoms with Crippen LogP contribution < -0.4 is 5.73 Å². The normalized spacial score (nSPS) is 9.86. The van der Waals surface area contributed by atoms with Crippen LogP contribution in [0, 0.1) is 11.3 Å². The van der Waals surface area contributed by atoms with Gasteiger partial charge >= 0.3 is 0 Å². The zero-order valence-corrected chi connectivity index (χ0v) is 7.00. The molecule has 0 fully saturated rings. The Morgan fingerprint density at radius 1 is 1.50 bits per heavy atom. The van der Waals surface area contributed by atoms with E-state index in [1.54, 1.807) is 6.07 Å². The number of amides is 1. The SMILES string of the molecule is N#Cc1ccc(C(N)=O)c(C(F)F)c1. The Hall–Kier alpha value is -1.96. The van der Waals surface area contributed by atoms with Crippen molar-refractivity contribution in [1.29, 1.82) is 5.26 Å². The van der Waals surface area contributed by atoms with Crippen LogP contribution in [0.25, 0.3) is 0 Å². The van der Waals surface area contributed by atoms with E-state index in [-0.39, 0.29) is 11.1 Å². The highest BCUT2D eigenvalue weighted by atomic mass is 19.3.